The molecule has 108 valence electrons. The first-order valence-corrected chi connectivity index (χ1v) is 7.81. The van der Waals surface area contributed by atoms with E-state index >= 15 is 0 Å². The van der Waals surface area contributed by atoms with E-state index in [1.807, 2.05) is 23.1 Å². The van der Waals surface area contributed by atoms with Gasteiger partial charge in [-0.05, 0) is 52.9 Å². The normalized spacial score (nSPS) is 26.8. The largest absolute Gasteiger partial charge is 0.496 e. The molecule has 1 amide bonds. The van der Waals surface area contributed by atoms with Gasteiger partial charge in [-0.25, -0.2) is 0 Å². The molecular formula is C15H19BrN2O2. The van der Waals surface area contributed by atoms with Crippen molar-refractivity contribution >= 4 is 21.8 Å². The van der Waals surface area contributed by atoms with Crippen molar-refractivity contribution in [3.8, 4) is 5.75 Å². The Labute approximate surface area is 127 Å². The second kappa shape index (κ2) is 5.37. The van der Waals surface area contributed by atoms with Crippen molar-refractivity contribution in [3.63, 3.8) is 0 Å². The number of ether oxygens (including phenoxy) is 1. The third kappa shape index (κ3) is 2.44. The molecule has 2 N–H and O–H groups in total. The van der Waals surface area contributed by atoms with Crippen LogP contribution in [0.25, 0.3) is 0 Å². The molecule has 0 spiro atoms. The first kappa shape index (κ1) is 13.9. The lowest BCUT2D eigenvalue weighted by Crippen LogP contribution is -2.49. The molecule has 0 aromatic heterocycles. The number of hydrogen-bond donors (Lipinski definition) is 1. The number of carbonyl (C=O) groups is 1. The SMILES string of the molecule is COc1ccc(C2C(N)CCC(=O)N2C2CC2)cc1Br. The molecule has 1 saturated carbocycles. The van der Waals surface area contributed by atoms with Crippen LogP contribution in [0, 0.1) is 0 Å². The molecule has 0 bridgehead atoms. The van der Waals surface area contributed by atoms with E-state index in [-0.39, 0.29) is 18.0 Å². The number of benzene rings is 1. The van der Waals surface area contributed by atoms with Gasteiger partial charge in [0.15, 0.2) is 0 Å². The molecule has 1 heterocycles. The predicted molar refractivity (Wildman–Crippen MR) is 80.5 cm³/mol. The minimum absolute atomic E-state index is 0.00796. The molecular weight excluding hydrogens is 320 g/mol. The molecule has 20 heavy (non-hydrogen) atoms. The van der Waals surface area contributed by atoms with Crippen LogP contribution < -0.4 is 10.5 Å². The highest BCUT2D eigenvalue weighted by Crippen LogP contribution is 2.41. The molecule has 2 aliphatic rings. The van der Waals surface area contributed by atoms with Crippen molar-refractivity contribution < 1.29 is 9.53 Å². The summed E-state index contributed by atoms with van der Waals surface area (Å²) in [5, 5.41) is 0. The van der Waals surface area contributed by atoms with E-state index < -0.39 is 0 Å². The number of nitrogens with zero attached hydrogens (tertiary/aromatic N) is 1. The number of halogens is 1. The molecule has 5 heteroatoms. The summed E-state index contributed by atoms with van der Waals surface area (Å²) in [5.41, 5.74) is 7.40. The maximum absolute atomic E-state index is 12.2. The number of likely N-dealkylation sites (tertiary alicyclic amines) is 1. The Morgan fingerprint density at radius 1 is 1.35 bits per heavy atom. The lowest BCUT2D eigenvalue weighted by Gasteiger charge is -2.40. The van der Waals surface area contributed by atoms with Crippen molar-refractivity contribution in [2.75, 3.05) is 7.11 Å². The Kier molecular flexibility index (Phi) is 3.73. The van der Waals surface area contributed by atoms with Gasteiger partial charge in [0.2, 0.25) is 5.91 Å². The fraction of sp³-hybridized carbons (Fsp3) is 0.533. The molecule has 1 aromatic rings. The van der Waals surface area contributed by atoms with Crippen LogP contribution in [0.1, 0.15) is 37.3 Å². The summed E-state index contributed by atoms with van der Waals surface area (Å²) in [6.07, 6.45) is 3.54. The molecule has 1 saturated heterocycles. The van der Waals surface area contributed by atoms with Gasteiger partial charge in [-0.15, -0.1) is 0 Å². The Hall–Kier alpha value is -1.07. The highest BCUT2D eigenvalue weighted by Gasteiger charge is 2.43. The molecule has 1 aromatic carbocycles. The second-order valence-corrected chi connectivity index (χ2v) is 6.43. The van der Waals surface area contributed by atoms with Crippen LogP contribution in [0.3, 0.4) is 0 Å². The van der Waals surface area contributed by atoms with E-state index in [1.165, 1.54) is 0 Å². The van der Waals surface area contributed by atoms with Gasteiger partial charge in [-0.3, -0.25) is 4.79 Å². The molecule has 1 aliphatic heterocycles. The molecule has 4 nitrogen and oxygen atoms in total. The number of carbonyl (C=O) groups excluding carboxylic acids is 1. The zero-order chi connectivity index (χ0) is 14.3. The Morgan fingerprint density at radius 3 is 2.70 bits per heavy atom. The first-order valence-electron chi connectivity index (χ1n) is 7.02. The van der Waals surface area contributed by atoms with Gasteiger partial charge < -0.3 is 15.4 Å². The maximum Gasteiger partial charge on any atom is 0.223 e. The van der Waals surface area contributed by atoms with Gasteiger partial charge >= 0.3 is 0 Å². The predicted octanol–water partition coefficient (Wildman–Crippen LogP) is 2.61. The van der Waals surface area contributed by atoms with Crippen LogP contribution in [0.15, 0.2) is 22.7 Å². The van der Waals surface area contributed by atoms with Crippen LogP contribution in [0.2, 0.25) is 0 Å². The fourth-order valence-electron chi connectivity index (χ4n) is 3.00. The number of methoxy groups -OCH3 is 1. The Morgan fingerprint density at radius 2 is 2.10 bits per heavy atom. The lowest BCUT2D eigenvalue weighted by atomic mass is 9.90. The highest BCUT2D eigenvalue weighted by molar-refractivity contribution is 9.10. The third-order valence-corrected chi connectivity index (χ3v) is 4.76. The maximum atomic E-state index is 12.2. The van der Waals surface area contributed by atoms with Crippen LogP contribution in [0.5, 0.6) is 5.75 Å². The average Bonchev–Trinajstić information content (AvgIpc) is 3.25. The van der Waals surface area contributed by atoms with Crippen molar-refractivity contribution in [1.82, 2.24) is 4.90 Å². The zero-order valence-corrected chi connectivity index (χ0v) is 13.1. The summed E-state index contributed by atoms with van der Waals surface area (Å²) >= 11 is 3.51. The van der Waals surface area contributed by atoms with Gasteiger partial charge in [-0.1, -0.05) is 6.07 Å². The summed E-state index contributed by atoms with van der Waals surface area (Å²) in [5.74, 6) is 1.04. The molecule has 1 aliphatic carbocycles. The topological polar surface area (TPSA) is 55.6 Å². The lowest BCUT2D eigenvalue weighted by molar-refractivity contribution is -0.138. The second-order valence-electron chi connectivity index (χ2n) is 5.57. The van der Waals surface area contributed by atoms with Crippen molar-refractivity contribution in [1.29, 1.82) is 0 Å². The van der Waals surface area contributed by atoms with E-state index in [0.717, 1.165) is 35.0 Å². The van der Waals surface area contributed by atoms with Crippen molar-refractivity contribution in [2.24, 2.45) is 5.73 Å². The van der Waals surface area contributed by atoms with Crippen LogP contribution in [0.4, 0.5) is 0 Å². The van der Waals surface area contributed by atoms with E-state index in [9.17, 15) is 4.79 Å². The molecule has 2 fully saturated rings. The van der Waals surface area contributed by atoms with Crippen LogP contribution >= 0.6 is 15.9 Å². The summed E-state index contributed by atoms with van der Waals surface area (Å²) < 4.78 is 6.16. The van der Waals surface area contributed by atoms with Gasteiger partial charge in [0.05, 0.1) is 17.6 Å². The van der Waals surface area contributed by atoms with Crippen LogP contribution in [-0.4, -0.2) is 30.0 Å². The number of hydrogen-bond acceptors (Lipinski definition) is 3. The van der Waals surface area contributed by atoms with Crippen molar-refractivity contribution in [2.45, 2.75) is 43.8 Å². The van der Waals surface area contributed by atoms with Gasteiger partial charge in [0, 0.05) is 18.5 Å². The van der Waals surface area contributed by atoms with E-state index in [2.05, 4.69) is 15.9 Å². The summed E-state index contributed by atoms with van der Waals surface area (Å²) in [7, 11) is 1.64. The van der Waals surface area contributed by atoms with Crippen molar-refractivity contribution in [3.05, 3.63) is 28.2 Å². The molecule has 2 atom stereocenters. The number of piperidine rings is 1. The Balaban J connectivity index is 1.96. The summed E-state index contributed by atoms with van der Waals surface area (Å²) in [6.45, 7) is 0. The number of amides is 1. The fourth-order valence-corrected chi connectivity index (χ4v) is 3.55. The van der Waals surface area contributed by atoms with Gasteiger partial charge in [0.1, 0.15) is 5.75 Å². The quantitative estimate of drug-likeness (QED) is 0.921. The molecule has 2 unspecified atom stereocenters. The number of nitrogens with two attached hydrogens (primary N) is 1. The minimum Gasteiger partial charge on any atom is -0.496 e. The standard InChI is InChI=1S/C15H19BrN2O2/c1-20-13-6-2-9(8-11(13)16)15-12(17)5-7-14(19)18(15)10-3-4-10/h2,6,8,10,12,15H,3-5,7,17H2,1H3. The monoisotopic (exact) mass is 338 g/mol. The number of rotatable bonds is 3. The van der Waals surface area contributed by atoms with Gasteiger partial charge in [0.25, 0.3) is 0 Å². The summed E-state index contributed by atoms with van der Waals surface area (Å²) in [6, 6.07) is 6.36. The first-order chi connectivity index (χ1) is 9.61. The van der Waals surface area contributed by atoms with Crippen LogP contribution in [-0.2, 0) is 4.79 Å². The minimum atomic E-state index is -0.00837. The van der Waals surface area contributed by atoms with E-state index in [0.29, 0.717) is 12.5 Å². The molecule has 3 rings (SSSR count). The Bertz CT molecular complexity index is 531. The smallest absolute Gasteiger partial charge is 0.223 e. The van der Waals surface area contributed by atoms with E-state index in [4.69, 9.17) is 10.5 Å². The van der Waals surface area contributed by atoms with Gasteiger partial charge in [-0.2, -0.15) is 0 Å². The zero-order valence-electron chi connectivity index (χ0n) is 11.5. The summed E-state index contributed by atoms with van der Waals surface area (Å²) in [4.78, 5) is 14.3. The van der Waals surface area contributed by atoms with E-state index in [1.54, 1.807) is 7.11 Å². The third-order valence-electron chi connectivity index (χ3n) is 4.14. The average molecular weight is 339 g/mol. The highest BCUT2D eigenvalue weighted by atomic mass is 79.9. The molecule has 0 radical (unpaired) electrons.